The lowest BCUT2D eigenvalue weighted by Gasteiger charge is -2.18. The van der Waals surface area contributed by atoms with E-state index in [9.17, 15) is 23.6 Å². The summed E-state index contributed by atoms with van der Waals surface area (Å²) >= 11 is 2.22. The molecule has 1 aromatic carbocycles. The van der Waals surface area contributed by atoms with E-state index < -0.39 is 34.1 Å². The molecule has 1 aliphatic rings. The Morgan fingerprint density at radius 1 is 1.32 bits per heavy atom. The number of benzene rings is 1. The maximum atomic E-state index is 13.5. The third-order valence-electron chi connectivity index (χ3n) is 5.25. The summed E-state index contributed by atoms with van der Waals surface area (Å²) in [5.41, 5.74) is 0.712. The zero-order valence-corrected chi connectivity index (χ0v) is 19.6. The normalized spacial score (nSPS) is 16.1. The number of hydrogen-bond donors (Lipinski definition) is 2. The standard InChI is InChI=1S/C22H20FN3O6S2/c1-31-15-6-11(2-3-14(15)23)7-24-20(29)18-25-19(28)16-13(10-34-21(16)26-18)9-32-8-12-4-5-33-22(30)17(12)27/h2-3,6,10,12H,4-5,7-9H2,1H3,(H,24,29)(H,25,26,28). The molecule has 0 aliphatic carbocycles. The van der Waals surface area contributed by atoms with Gasteiger partial charge in [0.05, 0.1) is 31.6 Å². The highest BCUT2D eigenvalue weighted by Gasteiger charge is 2.30. The fraction of sp³-hybridized carbons (Fsp3) is 0.318. The highest BCUT2D eigenvalue weighted by atomic mass is 32.2. The number of carbonyl (C=O) groups is 3. The predicted molar refractivity (Wildman–Crippen MR) is 125 cm³/mol. The van der Waals surface area contributed by atoms with Crippen molar-refractivity contribution in [3.05, 3.63) is 56.7 Å². The van der Waals surface area contributed by atoms with Crippen molar-refractivity contribution in [2.75, 3.05) is 19.5 Å². The number of ether oxygens (including phenoxy) is 2. The summed E-state index contributed by atoms with van der Waals surface area (Å²) in [5.74, 6) is -1.50. The highest BCUT2D eigenvalue weighted by Crippen LogP contribution is 2.24. The van der Waals surface area contributed by atoms with Crippen molar-refractivity contribution >= 4 is 50.1 Å². The van der Waals surface area contributed by atoms with Crippen molar-refractivity contribution in [1.29, 1.82) is 0 Å². The number of Topliss-reactive ketones (excluding diaryl/α,β-unsaturated/α-hetero) is 1. The van der Waals surface area contributed by atoms with E-state index in [2.05, 4.69) is 15.3 Å². The lowest BCUT2D eigenvalue weighted by molar-refractivity contribution is -0.136. The summed E-state index contributed by atoms with van der Waals surface area (Å²) in [7, 11) is 1.35. The first-order valence-electron chi connectivity index (χ1n) is 10.3. The van der Waals surface area contributed by atoms with Crippen LogP contribution in [-0.4, -0.2) is 46.2 Å². The van der Waals surface area contributed by atoms with Gasteiger partial charge in [0.15, 0.2) is 11.6 Å². The molecule has 1 aliphatic heterocycles. The molecule has 0 saturated carbocycles. The van der Waals surface area contributed by atoms with Crippen molar-refractivity contribution in [2.45, 2.75) is 19.6 Å². The van der Waals surface area contributed by atoms with Gasteiger partial charge in [0.2, 0.25) is 11.6 Å². The SMILES string of the molecule is COc1cc(CNC(=O)c2nc3scc(COCC4CCSC(=O)C4=O)c3c(=O)[nH]2)ccc1F. The fourth-order valence-corrected chi connectivity index (χ4v) is 5.26. The molecule has 0 bridgehead atoms. The molecular formula is C22H20FN3O6S2. The minimum absolute atomic E-state index is 0.0615. The second kappa shape index (κ2) is 10.5. The first kappa shape index (κ1) is 24.0. The number of nitrogens with one attached hydrogen (secondary N) is 2. The van der Waals surface area contributed by atoms with Crippen LogP contribution in [0, 0.1) is 11.7 Å². The van der Waals surface area contributed by atoms with Crippen LogP contribution in [0.25, 0.3) is 10.2 Å². The Morgan fingerprint density at radius 2 is 2.15 bits per heavy atom. The van der Waals surface area contributed by atoms with Crippen LogP contribution in [0.15, 0.2) is 28.4 Å². The highest BCUT2D eigenvalue weighted by molar-refractivity contribution is 8.15. The Balaban J connectivity index is 1.41. The Bertz CT molecular complexity index is 1320. The zero-order valence-electron chi connectivity index (χ0n) is 18.0. The van der Waals surface area contributed by atoms with E-state index in [-0.39, 0.29) is 31.3 Å². The summed E-state index contributed by atoms with van der Waals surface area (Å²) in [5, 5.41) is 4.22. The third kappa shape index (κ3) is 5.18. The average molecular weight is 506 g/mol. The van der Waals surface area contributed by atoms with Crippen molar-refractivity contribution in [1.82, 2.24) is 15.3 Å². The van der Waals surface area contributed by atoms with Crippen LogP contribution in [0.4, 0.5) is 4.39 Å². The van der Waals surface area contributed by atoms with E-state index in [1.54, 1.807) is 5.38 Å². The third-order valence-corrected chi connectivity index (χ3v) is 7.08. The number of thioether (sulfide) groups is 1. The van der Waals surface area contributed by atoms with Crippen LogP contribution in [0.5, 0.6) is 5.75 Å². The van der Waals surface area contributed by atoms with Gasteiger partial charge >= 0.3 is 0 Å². The molecule has 0 spiro atoms. The van der Waals surface area contributed by atoms with Gasteiger partial charge in [-0.05, 0) is 29.5 Å². The van der Waals surface area contributed by atoms with E-state index in [0.717, 1.165) is 11.8 Å². The molecule has 1 saturated heterocycles. The topological polar surface area (TPSA) is 127 Å². The molecular weight excluding hydrogens is 485 g/mol. The van der Waals surface area contributed by atoms with Gasteiger partial charge in [-0.2, -0.15) is 0 Å². The Labute approximate surface area is 201 Å². The molecule has 3 heterocycles. The van der Waals surface area contributed by atoms with Gasteiger partial charge in [-0.15, -0.1) is 11.3 Å². The van der Waals surface area contributed by atoms with Gasteiger partial charge in [0.25, 0.3) is 16.6 Å². The summed E-state index contributed by atoms with van der Waals surface area (Å²) in [6, 6.07) is 4.22. The van der Waals surface area contributed by atoms with Crippen LogP contribution in [0.1, 0.15) is 28.2 Å². The van der Waals surface area contributed by atoms with Crippen LogP contribution in [-0.2, 0) is 27.5 Å². The number of rotatable bonds is 8. The van der Waals surface area contributed by atoms with E-state index in [1.807, 2.05) is 0 Å². The van der Waals surface area contributed by atoms with Crippen LogP contribution in [0.3, 0.4) is 0 Å². The number of hydrogen-bond acceptors (Lipinski definition) is 9. The van der Waals surface area contributed by atoms with Crippen molar-refractivity contribution in [3.8, 4) is 5.75 Å². The summed E-state index contributed by atoms with van der Waals surface area (Å²) in [6.45, 7) is 0.262. The number of methoxy groups -OCH3 is 1. The maximum absolute atomic E-state index is 13.5. The zero-order chi connectivity index (χ0) is 24.2. The number of H-pyrrole nitrogens is 1. The van der Waals surface area contributed by atoms with Crippen molar-refractivity contribution < 1.29 is 28.2 Å². The van der Waals surface area contributed by atoms with Crippen molar-refractivity contribution in [2.24, 2.45) is 5.92 Å². The predicted octanol–water partition coefficient (Wildman–Crippen LogP) is 2.43. The maximum Gasteiger partial charge on any atom is 0.287 e. The number of fused-ring (bicyclic) bond motifs is 1. The van der Waals surface area contributed by atoms with E-state index in [0.29, 0.717) is 33.5 Å². The van der Waals surface area contributed by atoms with Gasteiger partial charge in [-0.1, -0.05) is 17.8 Å². The monoisotopic (exact) mass is 505 g/mol. The summed E-state index contributed by atoms with van der Waals surface area (Å²) in [6.07, 6.45) is 0.574. The number of halogens is 1. The van der Waals surface area contributed by atoms with Gasteiger partial charge in [-0.3, -0.25) is 19.2 Å². The Hall–Kier alpha value is -3.09. The van der Waals surface area contributed by atoms with E-state index >= 15 is 0 Å². The molecule has 1 fully saturated rings. The average Bonchev–Trinajstić information content (AvgIpc) is 3.24. The van der Waals surface area contributed by atoms with Gasteiger partial charge < -0.3 is 19.8 Å². The molecule has 1 unspecified atom stereocenters. The number of ketones is 1. The Kier molecular flexibility index (Phi) is 7.39. The van der Waals surface area contributed by atoms with Crippen LogP contribution in [0.2, 0.25) is 0 Å². The second-order valence-corrected chi connectivity index (χ2v) is 9.43. The van der Waals surface area contributed by atoms with Crippen LogP contribution < -0.4 is 15.6 Å². The minimum atomic E-state index is -0.591. The molecule has 3 aromatic rings. The summed E-state index contributed by atoms with van der Waals surface area (Å²) < 4.78 is 24.1. The first-order valence-corrected chi connectivity index (χ1v) is 12.1. The van der Waals surface area contributed by atoms with Gasteiger partial charge in [0.1, 0.15) is 4.83 Å². The van der Waals surface area contributed by atoms with E-state index in [4.69, 9.17) is 9.47 Å². The summed E-state index contributed by atoms with van der Waals surface area (Å²) in [4.78, 5) is 55.7. The smallest absolute Gasteiger partial charge is 0.287 e. The number of aromatic amines is 1. The molecule has 0 radical (unpaired) electrons. The molecule has 2 aromatic heterocycles. The molecule has 178 valence electrons. The number of carbonyl (C=O) groups excluding carboxylic acids is 3. The largest absolute Gasteiger partial charge is 0.494 e. The second-order valence-electron chi connectivity index (χ2n) is 7.51. The van der Waals surface area contributed by atoms with Gasteiger partial charge in [0, 0.05) is 17.9 Å². The Morgan fingerprint density at radius 3 is 2.94 bits per heavy atom. The number of nitrogens with zero attached hydrogens (tertiary/aromatic N) is 1. The number of aromatic nitrogens is 2. The number of amides is 1. The number of thiophene rings is 1. The molecule has 12 heteroatoms. The van der Waals surface area contributed by atoms with Crippen molar-refractivity contribution in [3.63, 3.8) is 0 Å². The molecule has 4 rings (SSSR count). The lowest BCUT2D eigenvalue weighted by atomic mass is 10.0. The molecule has 1 atom stereocenters. The molecule has 9 nitrogen and oxygen atoms in total. The minimum Gasteiger partial charge on any atom is -0.494 e. The molecule has 2 N–H and O–H groups in total. The van der Waals surface area contributed by atoms with Crippen LogP contribution >= 0.6 is 23.1 Å². The lowest BCUT2D eigenvalue weighted by Crippen LogP contribution is -2.30. The quantitative estimate of drug-likeness (QED) is 0.447. The van der Waals surface area contributed by atoms with E-state index in [1.165, 1.54) is 36.6 Å². The fourth-order valence-electron chi connectivity index (χ4n) is 3.43. The van der Waals surface area contributed by atoms with Gasteiger partial charge in [-0.25, -0.2) is 9.37 Å². The molecule has 34 heavy (non-hydrogen) atoms. The first-order chi connectivity index (χ1) is 16.4. The molecule has 1 amide bonds.